The van der Waals surface area contributed by atoms with Crippen LogP contribution < -0.4 is 11.0 Å². The van der Waals surface area contributed by atoms with Crippen molar-refractivity contribution in [3.63, 3.8) is 0 Å². The van der Waals surface area contributed by atoms with Crippen molar-refractivity contribution >= 4 is 46.4 Å². The molecule has 1 aromatic rings. The molecule has 2 unspecified atom stereocenters. The maximum absolute atomic E-state index is 12.7. The van der Waals surface area contributed by atoms with Crippen molar-refractivity contribution < 1.29 is 38.1 Å². The molecule has 1 fully saturated rings. The smallest absolute Gasteiger partial charge is 0.412 e. The SMILES string of the molecule is CCOCCCOC(=O)Nc1nc(=O)n([C@@H]2O[C@H](C)C(OC(C)=O)C2OC(C)=O)cc1I. The number of carbonyl (C=O) groups is 3. The number of rotatable bonds is 9. The van der Waals surface area contributed by atoms with Gasteiger partial charge in [-0.25, -0.2) is 9.59 Å². The van der Waals surface area contributed by atoms with Crippen molar-refractivity contribution in [3.8, 4) is 0 Å². The van der Waals surface area contributed by atoms with Gasteiger partial charge < -0.3 is 23.7 Å². The first kappa shape index (κ1) is 26.0. The molecule has 0 radical (unpaired) electrons. The molecule has 32 heavy (non-hydrogen) atoms. The standard InChI is InChI=1S/C19H26IN3O9/c1-5-28-7-6-8-29-19(27)22-16-13(20)9-23(18(26)21-16)17-15(32-12(4)25)14(10(2)30-17)31-11(3)24/h9-10,14-15,17H,5-8H2,1-4H3,(H,21,22,26,27)/t10-,14?,15?,17-/m1/s1. The molecule has 2 rings (SSSR count). The van der Waals surface area contributed by atoms with Gasteiger partial charge in [0.1, 0.15) is 0 Å². The van der Waals surface area contributed by atoms with Crippen molar-refractivity contribution in [2.45, 2.75) is 58.7 Å². The summed E-state index contributed by atoms with van der Waals surface area (Å²) in [4.78, 5) is 51.6. The minimum absolute atomic E-state index is 0.00766. The predicted molar refractivity (Wildman–Crippen MR) is 118 cm³/mol. The lowest BCUT2D eigenvalue weighted by Crippen LogP contribution is -2.40. The number of aromatic nitrogens is 2. The van der Waals surface area contributed by atoms with E-state index >= 15 is 0 Å². The normalized spacial score (nSPS) is 22.3. The maximum Gasteiger partial charge on any atom is 0.412 e. The van der Waals surface area contributed by atoms with Crippen molar-refractivity contribution in [1.29, 1.82) is 0 Å². The van der Waals surface area contributed by atoms with Crippen LogP contribution in [0.5, 0.6) is 0 Å². The highest BCUT2D eigenvalue weighted by atomic mass is 127. The molecule has 0 bridgehead atoms. The number of halogens is 1. The Morgan fingerprint density at radius 2 is 1.84 bits per heavy atom. The number of anilines is 1. The Hall–Kier alpha value is -2.26. The lowest BCUT2D eigenvalue weighted by atomic mass is 10.1. The number of ether oxygens (including phenoxy) is 5. The first-order chi connectivity index (χ1) is 15.1. The van der Waals surface area contributed by atoms with Gasteiger partial charge in [0.15, 0.2) is 24.3 Å². The number of nitrogens with zero attached hydrogens (tertiary/aromatic N) is 2. The van der Waals surface area contributed by atoms with Crippen LogP contribution in [-0.2, 0) is 33.3 Å². The molecule has 1 saturated heterocycles. The number of esters is 2. The molecule has 0 aliphatic carbocycles. The van der Waals surface area contributed by atoms with Gasteiger partial charge in [0.25, 0.3) is 0 Å². The third-order valence-corrected chi connectivity index (χ3v) is 5.09. The Balaban J connectivity index is 2.17. The van der Waals surface area contributed by atoms with E-state index in [4.69, 9.17) is 23.7 Å². The van der Waals surface area contributed by atoms with Crippen LogP contribution in [0.1, 0.15) is 40.3 Å². The molecular formula is C19H26IN3O9. The van der Waals surface area contributed by atoms with E-state index in [1.165, 1.54) is 20.0 Å². The molecule has 1 N–H and O–H groups in total. The zero-order chi connectivity index (χ0) is 23.8. The lowest BCUT2D eigenvalue weighted by Gasteiger charge is -2.23. The van der Waals surface area contributed by atoms with Crippen LogP contribution in [0.2, 0.25) is 0 Å². The fourth-order valence-corrected chi connectivity index (χ4v) is 3.57. The summed E-state index contributed by atoms with van der Waals surface area (Å²) in [5.41, 5.74) is -0.769. The van der Waals surface area contributed by atoms with Crippen LogP contribution >= 0.6 is 22.6 Å². The highest BCUT2D eigenvalue weighted by molar-refractivity contribution is 14.1. The predicted octanol–water partition coefficient (Wildman–Crippen LogP) is 1.60. The van der Waals surface area contributed by atoms with Gasteiger partial charge in [-0.2, -0.15) is 4.98 Å². The average Bonchev–Trinajstić information content (AvgIpc) is 2.98. The molecule has 1 aliphatic heterocycles. The second kappa shape index (κ2) is 12.1. The quantitative estimate of drug-likeness (QED) is 0.202. The van der Waals surface area contributed by atoms with Crippen LogP contribution in [0.4, 0.5) is 10.6 Å². The number of nitrogens with one attached hydrogen (secondary N) is 1. The molecule has 2 heterocycles. The lowest BCUT2D eigenvalue weighted by molar-refractivity contribution is -0.165. The van der Waals surface area contributed by atoms with Crippen LogP contribution in [0.15, 0.2) is 11.0 Å². The molecular weight excluding hydrogens is 541 g/mol. The number of amides is 1. The summed E-state index contributed by atoms with van der Waals surface area (Å²) in [6, 6.07) is 0. The highest BCUT2D eigenvalue weighted by Gasteiger charge is 2.48. The van der Waals surface area contributed by atoms with E-state index in [0.29, 0.717) is 23.2 Å². The Morgan fingerprint density at radius 1 is 1.19 bits per heavy atom. The third kappa shape index (κ3) is 7.13. The van der Waals surface area contributed by atoms with E-state index in [2.05, 4.69) is 10.3 Å². The molecule has 1 amide bonds. The van der Waals surface area contributed by atoms with Crippen LogP contribution in [0, 0.1) is 3.57 Å². The van der Waals surface area contributed by atoms with Crippen molar-refractivity contribution in [2.24, 2.45) is 0 Å². The summed E-state index contributed by atoms with van der Waals surface area (Å²) in [5.74, 6) is -1.20. The molecule has 178 valence electrons. The van der Waals surface area contributed by atoms with E-state index in [1.807, 2.05) is 29.5 Å². The molecule has 12 nitrogen and oxygen atoms in total. The van der Waals surface area contributed by atoms with Gasteiger partial charge in [0, 0.05) is 39.7 Å². The van der Waals surface area contributed by atoms with Gasteiger partial charge in [0.2, 0.25) is 0 Å². The summed E-state index contributed by atoms with van der Waals surface area (Å²) in [6.07, 6.45) is -2.53. The van der Waals surface area contributed by atoms with Crippen LogP contribution in [0.3, 0.4) is 0 Å². The van der Waals surface area contributed by atoms with E-state index in [1.54, 1.807) is 6.92 Å². The van der Waals surface area contributed by atoms with Crippen molar-refractivity contribution in [3.05, 3.63) is 20.3 Å². The molecule has 1 aliphatic rings. The zero-order valence-electron chi connectivity index (χ0n) is 18.2. The number of hydrogen-bond acceptors (Lipinski definition) is 10. The van der Waals surface area contributed by atoms with Gasteiger partial charge >= 0.3 is 23.7 Å². The van der Waals surface area contributed by atoms with Crippen LogP contribution in [-0.4, -0.2) is 65.7 Å². The first-order valence-electron chi connectivity index (χ1n) is 9.94. The van der Waals surface area contributed by atoms with E-state index in [9.17, 15) is 19.2 Å². The van der Waals surface area contributed by atoms with E-state index < -0.39 is 48.3 Å². The average molecular weight is 567 g/mol. The first-order valence-corrected chi connectivity index (χ1v) is 11.0. The summed E-state index contributed by atoms with van der Waals surface area (Å²) in [5, 5.41) is 2.42. The Morgan fingerprint density at radius 3 is 2.47 bits per heavy atom. The second-order valence-corrected chi connectivity index (χ2v) is 7.98. The fourth-order valence-electron chi connectivity index (χ4n) is 3.02. The largest absolute Gasteiger partial charge is 0.456 e. The summed E-state index contributed by atoms with van der Waals surface area (Å²) in [7, 11) is 0. The minimum atomic E-state index is -1.08. The topological polar surface area (TPSA) is 144 Å². The van der Waals surface area contributed by atoms with Gasteiger partial charge in [-0.05, 0) is 36.4 Å². The van der Waals surface area contributed by atoms with Gasteiger partial charge in [0.05, 0.1) is 16.3 Å². The molecule has 0 saturated carbocycles. The zero-order valence-corrected chi connectivity index (χ0v) is 20.3. The molecule has 0 spiro atoms. The van der Waals surface area contributed by atoms with Crippen molar-refractivity contribution in [1.82, 2.24) is 9.55 Å². The summed E-state index contributed by atoms with van der Waals surface area (Å²) in [6.45, 7) is 7.10. The van der Waals surface area contributed by atoms with Gasteiger partial charge in [-0.15, -0.1) is 0 Å². The Kier molecular flexibility index (Phi) is 9.84. The fraction of sp³-hybridized carbons (Fsp3) is 0.632. The monoisotopic (exact) mass is 567 g/mol. The number of carbonyl (C=O) groups excluding carboxylic acids is 3. The van der Waals surface area contributed by atoms with Gasteiger partial charge in [-0.1, -0.05) is 0 Å². The second-order valence-electron chi connectivity index (χ2n) is 6.82. The summed E-state index contributed by atoms with van der Waals surface area (Å²) < 4.78 is 28.0. The third-order valence-electron chi connectivity index (χ3n) is 4.30. The number of hydrogen-bond donors (Lipinski definition) is 1. The molecule has 1 aromatic heterocycles. The van der Waals surface area contributed by atoms with Crippen molar-refractivity contribution in [2.75, 3.05) is 25.1 Å². The summed E-state index contributed by atoms with van der Waals surface area (Å²) >= 11 is 1.88. The van der Waals surface area contributed by atoms with Crippen LogP contribution in [0.25, 0.3) is 0 Å². The molecule has 0 aromatic carbocycles. The minimum Gasteiger partial charge on any atom is -0.456 e. The van der Waals surface area contributed by atoms with Gasteiger partial charge in [-0.3, -0.25) is 19.5 Å². The van der Waals surface area contributed by atoms with E-state index in [-0.39, 0.29) is 12.4 Å². The Bertz CT molecular complexity index is 891. The molecule has 4 atom stereocenters. The highest BCUT2D eigenvalue weighted by Crippen LogP contribution is 2.33. The Labute approximate surface area is 198 Å². The molecule has 13 heteroatoms. The van der Waals surface area contributed by atoms with E-state index in [0.717, 1.165) is 4.57 Å². The maximum atomic E-state index is 12.7.